The number of urea groups is 1. The van der Waals surface area contributed by atoms with E-state index in [1.54, 1.807) is 53.9 Å². The molecule has 3 aromatic rings. The minimum absolute atomic E-state index is 0.158. The molecular formula is C23H24N4O4S2. The number of hydrogen-bond acceptors (Lipinski definition) is 5. The predicted molar refractivity (Wildman–Crippen MR) is 130 cm³/mol. The molecule has 1 fully saturated rings. The third-order valence-corrected chi connectivity index (χ3v) is 8.61. The Morgan fingerprint density at radius 3 is 2.12 bits per heavy atom. The number of carbonyl (C=O) groups is 2. The van der Waals surface area contributed by atoms with Crippen molar-refractivity contribution in [1.29, 1.82) is 0 Å². The van der Waals surface area contributed by atoms with Crippen molar-refractivity contribution >= 4 is 50.4 Å². The summed E-state index contributed by atoms with van der Waals surface area (Å²) in [5, 5.41) is 10.1. The Kier molecular flexibility index (Phi) is 7.07. The van der Waals surface area contributed by atoms with Crippen molar-refractivity contribution < 1.29 is 18.0 Å². The van der Waals surface area contributed by atoms with Crippen LogP contribution in [0.2, 0.25) is 0 Å². The van der Waals surface area contributed by atoms with E-state index in [4.69, 9.17) is 0 Å². The Bertz CT molecular complexity index is 1210. The van der Waals surface area contributed by atoms with Gasteiger partial charge in [0, 0.05) is 36.1 Å². The van der Waals surface area contributed by atoms with Crippen LogP contribution in [0.15, 0.2) is 76.3 Å². The molecule has 4 rings (SSSR count). The fourth-order valence-corrected chi connectivity index (χ4v) is 6.24. The second kappa shape index (κ2) is 10.2. The number of piperidine rings is 1. The summed E-state index contributed by atoms with van der Waals surface area (Å²) in [4.78, 5) is 24.9. The zero-order chi connectivity index (χ0) is 23.3. The molecule has 0 unspecified atom stereocenters. The first kappa shape index (κ1) is 23.0. The zero-order valence-corrected chi connectivity index (χ0v) is 19.4. The Labute approximate surface area is 196 Å². The van der Waals surface area contributed by atoms with Gasteiger partial charge in [-0.25, -0.2) is 13.2 Å². The summed E-state index contributed by atoms with van der Waals surface area (Å²) >= 11 is 1.19. The number of sulfonamides is 1. The highest BCUT2D eigenvalue weighted by Crippen LogP contribution is 2.27. The third kappa shape index (κ3) is 5.78. The summed E-state index contributed by atoms with van der Waals surface area (Å²) in [5.74, 6) is -0.438. The van der Waals surface area contributed by atoms with Crippen LogP contribution in [0, 0.1) is 5.92 Å². The summed E-state index contributed by atoms with van der Waals surface area (Å²) in [6.07, 6.45) is 0.904. The molecule has 2 heterocycles. The lowest BCUT2D eigenvalue weighted by Crippen LogP contribution is -2.41. The SMILES string of the molecule is O=C(Nc1ccccc1)Nc1cccc(NC(=O)C2CCN(S(=O)(=O)c3cccs3)CC2)c1. The fraction of sp³-hybridized carbons (Fsp3) is 0.217. The Morgan fingerprint density at radius 2 is 1.45 bits per heavy atom. The highest BCUT2D eigenvalue weighted by Gasteiger charge is 2.32. The highest BCUT2D eigenvalue weighted by molar-refractivity contribution is 7.91. The molecule has 3 N–H and O–H groups in total. The van der Waals surface area contributed by atoms with Crippen LogP contribution in [0.25, 0.3) is 0 Å². The van der Waals surface area contributed by atoms with Crippen molar-refractivity contribution in [2.75, 3.05) is 29.0 Å². The topological polar surface area (TPSA) is 108 Å². The second-order valence-electron chi connectivity index (χ2n) is 7.63. The van der Waals surface area contributed by atoms with E-state index >= 15 is 0 Å². The fourth-order valence-electron chi connectivity index (χ4n) is 3.63. The molecule has 3 amide bonds. The van der Waals surface area contributed by atoms with Crippen LogP contribution < -0.4 is 16.0 Å². The van der Waals surface area contributed by atoms with Crippen LogP contribution >= 0.6 is 11.3 Å². The molecular weight excluding hydrogens is 460 g/mol. The first-order valence-electron chi connectivity index (χ1n) is 10.5. The van der Waals surface area contributed by atoms with E-state index in [9.17, 15) is 18.0 Å². The van der Waals surface area contributed by atoms with E-state index in [1.165, 1.54) is 15.6 Å². The van der Waals surface area contributed by atoms with Gasteiger partial charge in [0.25, 0.3) is 10.0 Å². The molecule has 0 saturated carbocycles. The largest absolute Gasteiger partial charge is 0.326 e. The van der Waals surface area contributed by atoms with Crippen LogP contribution in [0.4, 0.5) is 21.9 Å². The summed E-state index contributed by atoms with van der Waals surface area (Å²) in [5.41, 5.74) is 1.77. The number of nitrogens with zero attached hydrogens (tertiary/aromatic N) is 1. The highest BCUT2D eigenvalue weighted by atomic mass is 32.2. The van der Waals surface area contributed by atoms with Gasteiger partial charge in [-0.2, -0.15) is 4.31 Å². The van der Waals surface area contributed by atoms with Gasteiger partial charge in [-0.1, -0.05) is 30.3 Å². The standard InChI is InChI=1S/C23H24N4O4S2/c28-22(17-11-13-27(14-12-17)33(30,31)21-10-5-15-32-21)24-19-8-4-9-20(16-19)26-23(29)25-18-6-2-1-3-7-18/h1-10,15-17H,11-14H2,(H,24,28)(H2,25,26,29). The molecule has 1 aliphatic heterocycles. The van der Waals surface area contributed by atoms with Crippen LogP contribution in [0.3, 0.4) is 0 Å². The molecule has 1 saturated heterocycles. The molecule has 2 aromatic carbocycles. The minimum atomic E-state index is -3.49. The van der Waals surface area contributed by atoms with Gasteiger partial charge in [0.05, 0.1) is 0 Å². The number of amides is 3. The molecule has 0 atom stereocenters. The number of benzene rings is 2. The van der Waals surface area contributed by atoms with Crippen molar-refractivity contribution in [3.63, 3.8) is 0 Å². The molecule has 0 bridgehead atoms. The number of hydrogen-bond donors (Lipinski definition) is 3. The van der Waals surface area contributed by atoms with Gasteiger partial charge in [0.2, 0.25) is 5.91 Å². The van der Waals surface area contributed by atoms with E-state index in [0.29, 0.717) is 47.2 Å². The average Bonchev–Trinajstić information content (AvgIpc) is 3.36. The Balaban J connectivity index is 1.30. The van der Waals surface area contributed by atoms with Gasteiger partial charge in [-0.05, 0) is 54.6 Å². The van der Waals surface area contributed by atoms with Gasteiger partial charge in [0.15, 0.2) is 0 Å². The normalized spacial score (nSPS) is 15.0. The molecule has 1 aliphatic rings. The average molecular weight is 485 g/mol. The number of para-hydroxylation sites is 1. The Morgan fingerprint density at radius 1 is 0.818 bits per heavy atom. The predicted octanol–water partition coefficient (Wildman–Crippen LogP) is 4.43. The lowest BCUT2D eigenvalue weighted by atomic mass is 9.97. The van der Waals surface area contributed by atoms with E-state index < -0.39 is 10.0 Å². The molecule has 8 nitrogen and oxygen atoms in total. The van der Waals surface area contributed by atoms with Crippen LogP contribution in [0.1, 0.15) is 12.8 Å². The monoisotopic (exact) mass is 484 g/mol. The summed E-state index contributed by atoms with van der Waals surface area (Å²) in [7, 11) is -3.49. The van der Waals surface area contributed by atoms with E-state index in [1.807, 2.05) is 18.2 Å². The molecule has 1 aromatic heterocycles. The summed E-state index contributed by atoms with van der Waals surface area (Å²) in [6.45, 7) is 0.610. The maximum absolute atomic E-state index is 12.8. The van der Waals surface area contributed by atoms with Crippen LogP contribution in [0.5, 0.6) is 0 Å². The van der Waals surface area contributed by atoms with Crippen LogP contribution in [-0.2, 0) is 14.8 Å². The molecule has 10 heteroatoms. The summed E-state index contributed by atoms with van der Waals surface area (Å²) < 4.78 is 27.1. The van der Waals surface area contributed by atoms with Gasteiger partial charge >= 0.3 is 6.03 Å². The number of nitrogens with one attached hydrogen (secondary N) is 3. The molecule has 33 heavy (non-hydrogen) atoms. The second-order valence-corrected chi connectivity index (χ2v) is 10.7. The lowest BCUT2D eigenvalue weighted by Gasteiger charge is -2.30. The van der Waals surface area contributed by atoms with Gasteiger partial charge < -0.3 is 16.0 Å². The first-order valence-corrected chi connectivity index (χ1v) is 12.8. The van der Waals surface area contributed by atoms with E-state index in [-0.39, 0.29) is 17.9 Å². The van der Waals surface area contributed by atoms with Gasteiger partial charge in [0.1, 0.15) is 4.21 Å². The maximum atomic E-state index is 12.8. The summed E-state index contributed by atoms with van der Waals surface area (Å²) in [6, 6.07) is 18.9. The number of rotatable bonds is 6. The van der Waals surface area contributed by atoms with Gasteiger partial charge in [-0.3, -0.25) is 4.79 Å². The number of carbonyl (C=O) groups excluding carboxylic acids is 2. The molecule has 0 spiro atoms. The van der Waals surface area contributed by atoms with Crippen molar-refractivity contribution in [3.8, 4) is 0 Å². The zero-order valence-electron chi connectivity index (χ0n) is 17.7. The van der Waals surface area contributed by atoms with Crippen molar-refractivity contribution in [2.24, 2.45) is 5.92 Å². The quantitative estimate of drug-likeness (QED) is 0.481. The maximum Gasteiger partial charge on any atom is 0.323 e. The van der Waals surface area contributed by atoms with Crippen molar-refractivity contribution in [3.05, 3.63) is 72.1 Å². The van der Waals surface area contributed by atoms with E-state index in [0.717, 1.165) is 0 Å². The van der Waals surface area contributed by atoms with Gasteiger partial charge in [-0.15, -0.1) is 11.3 Å². The van der Waals surface area contributed by atoms with E-state index in [2.05, 4.69) is 16.0 Å². The number of anilines is 3. The van der Waals surface area contributed by atoms with Crippen molar-refractivity contribution in [2.45, 2.75) is 17.1 Å². The lowest BCUT2D eigenvalue weighted by molar-refractivity contribution is -0.120. The Hall–Kier alpha value is -3.21. The number of thiophene rings is 1. The molecule has 0 aliphatic carbocycles. The molecule has 172 valence electrons. The van der Waals surface area contributed by atoms with Crippen molar-refractivity contribution in [1.82, 2.24) is 4.31 Å². The third-order valence-electron chi connectivity index (χ3n) is 5.33. The smallest absolute Gasteiger partial charge is 0.323 e. The van der Waals surface area contributed by atoms with Crippen LogP contribution in [-0.4, -0.2) is 37.8 Å². The molecule has 0 radical (unpaired) electrons. The minimum Gasteiger partial charge on any atom is -0.326 e. The first-order chi connectivity index (χ1) is 15.9.